The van der Waals surface area contributed by atoms with Crippen molar-refractivity contribution in [2.24, 2.45) is 5.73 Å². The molecule has 0 bridgehead atoms. The summed E-state index contributed by atoms with van der Waals surface area (Å²) in [7, 11) is -3.52. The largest absolute Gasteiger partial charge is 0.315 e. The Balaban J connectivity index is 2.32. The highest BCUT2D eigenvalue weighted by atomic mass is 32.2. The molecule has 1 aromatic heterocycles. The van der Waals surface area contributed by atoms with Gasteiger partial charge in [-0.2, -0.15) is 9.57 Å². The minimum Gasteiger partial charge on any atom is -0.315 e. The molecule has 0 spiro atoms. The fraction of sp³-hybridized carbons (Fsp3) is 0.500. The summed E-state index contributed by atoms with van der Waals surface area (Å²) in [6.07, 6.45) is 2.04. The molecule has 2 N–H and O–H groups in total. The second kappa shape index (κ2) is 4.74. The summed E-state index contributed by atoms with van der Waals surface area (Å²) in [5, 5.41) is 8.71. The van der Waals surface area contributed by atoms with Gasteiger partial charge in [0, 0.05) is 6.54 Å². The van der Waals surface area contributed by atoms with Gasteiger partial charge in [0.1, 0.15) is 15.2 Å². The Kier molecular flexibility index (Phi) is 3.49. The van der Waals surface area contributed by atoms with Gasteiger partial charge in [-0.05, 0) is 31.4 Å². The quantitative estimate of drug-likeness (QED) is 0.872. The van der Waals surface area contributed by atoms with Crippen LogP contribution in [0.4, 0.5) is 0 Å². The molecule has 1 fully saturated rings. The number of piperidine rings is 1. The molecular weight excluding hydrogens is 258 g/mol. The van der Waals surface area contributed by atoms with Gasteiger partial charge in [-0.1, -0.05) is 0 Å². The molecule has 0 aliphatic carbocycles. The van der Waals surface area contributed by atoms with Crippen LogP contribution in [0.15, 0.2) is 16.3 Å². The number of rotatable bonds is 2. The van der Waals surface area contributed by atoms with Crippen molar-refractivity contribution >= 4 is 21.4 Å². The van der Waals surface area contributed by atoms with Crippen LogP contribution in [0.5, 0.6) is 0 Å². The molecule has 5 nitrogen and oxygen atoms in total. The molecule has 0 saturated carbocycles. The SMILES string of the molecule is N#Cc1ccc(S(=O)(=O)N2CCCCC2N)s1. The van der Waals surface area contributed by atoms with E-state index in [1.807, 2.05) is 6.07 Å². The fourth-order valence-electron chi connectivity index (χ4n) is 1.86. The molecule has 1 unspecified atom stereocenters. The fourth-order valence-corrected chi connectivity index (χ4v) is 4.68. The standard InChI is InChI=1S/C10H13N3O2S2/c11-7-8-4-5-10(16-8)17(14,15)13-6-2-1-3-9(13)12/h4-5,9H,1-3,6,12H2. The van der Waals surface area contributed by atoms with Crippen molar-refractivity contribution < 1.29 is 8.42 Å². The molecule has 1 aliphatic heterocycles. The summed E-state index contributed by atoms with van der Waals surface area (Å²) in [6, 6.07) is 4.93. The Labute approximate surface area is 105 Å². The van der Waals surface area contributed by atoms with Gasteiger partial charge in [0.05, 0.1) is 6.17 Å². The van der Waals surface area contributed by atoms with E-state index in [0.29, 0.717) is 17.8 Å². The van der Waals surface area contributed by atoms with Gasteiger partial charge in [-0.15, -0.1) is 11.3 Å². The van der Waals surface area contributed by atoms with E-state index in [-0.39, 0.29) is 4.21 Å². The predicted molar refractivity (Wildman–Crippen MR) is 64.8 cm³/mol. The monoisotopic (exact) mass is 271 g/mol. The number of nitrogens with two attached hydrogens (primary N) is 1. The van der Waals surface area contributed by atoms with Crippen LogP contribution in [0.1, 0.15) is 24.1 Å². The Morgan fingerprint density at radius 1 is 1.47 bits per heavy atom. The molecule has 0 amide bonds. The number of thiophene rings is 1. The van der Waals surface area contributed by atoms with E-state index in [1.165, 1.54) is 16.4 Å². The van der Waals surface area contributed by atoms with E-state index >= 15 is 0 Å². The summed E-state index contributed by atoms with van der Waals surface area (Å²) < 4.78 is 26.1. The maximum Gasteiger partial charge on any atom is 0.253 e. The molecule has 17 heavy (non-hydrogen) atoms. The van der Waals surface area contributed by atoms with Crippen molar-refractivity contribution in [3.63, 3.8) is 0 Å². The van der Waals surface area contributed by atoms with Crippen molar-refractivity contribution in [2.75, 3.05) is 6.54 Å². The molecule has 2 rings (SSSR count). The molecule has 1 atom stereocenters. The molecule has 1 saturated heterocycles. The molecule has 1 aliphatic rings. The van der Waals surface area contributed by atoms with E-state index in [2.05, 4.69) is 0 Å². The van der Waals surface area contributed by atoms with Crippen molar-refractivity contribution in [3.8, 4) is 6.07 Å². The van der Waals surface area contributed by atoms with Crippen LogP contribution in [-0.2, 0) is 10.0 Å². The summed E-state index contributed by atoms with van der Waals surface area (Å²) in [5.41, 5.74) is 5.83. The van der Waals surface area contributed by atoms with Crippen molar-refractivity contribution in [2.45, 2.75) is 29.6 Å². The van der Waals surface area contributed by atoms with E-state index in [1.54, 1.807) is 0 Å². The zero-order chi connectivity index (χ0) is 12.5. The van der Waals surface area contributed by atoms with Gasteiger partial charge in [-0.25, -0.2) is 8.42 Å². The average molecular weight is 271 g/mol. The van der Waals surface area contributed by atoms with Crippen LogP contribution in [-0.4, -0.2) is 25.4 Å². The molecule has 2 heterocycles. The van der Waals surface area contributed by atoms with Crippen LogP contribution >= 0.6 is 11.3 Å². The van der Waals surface area contributed by atoms with Crippen molar-refractivity contribution in [1.29, 1.82) is 5.26 Å². The highest BCUT2D eigenvalue weighted by Gasteiger charge is 2.32. The maximum atomic E-state index is 12.3. The third kappa shape index (κ3) is 2.35. The molecule has 92 valence electrons. The van der Waals surface area contributed by atoms with Crippen molar-refractivity contribution in [1.82, 2.24) is 4.31 Å². The average Bonchev–Trinajstić information content (AvgIpc) is 2.78. The number of sulfonamides is 1. The zero-order valence-corrected chi connectivity index (χ0v) is 10.8. The topological polar surface area (TPSA) is 87.2 Å². The molecule has 7 heteroatoms. The number of nitriles is 1. The predicted octanol–water partition coefficient (Wildman–Crippen LogP) is 1.08. The van der Waals surface area contributed by atoms with Crippen LogP contribution < -0.4 is 5.73 Å². The lowest BCUT2D eigenvalue weighted by Gasteiger charge is -2.31. The van der Waals surface area contributed by atoms with Crippen LogP contribution in [0.2, 0.25) is 0 Å². The van der Waals surface area contributed by atoms with Crippen LogP contribution in [0.25, 0.3) is 0 Å². The number of nitrogens with zero attached hydrogens (tertiary/aromatic N) is 2. The minimum absolute atomic E-state index is 0.200. The first-order valence-corrected chi connectivity index (χ1v) is 7.59. The van der Waals surface area contributed by atoms with Crippen LogP contribution in [0.3, 0.4) is 0 Å². The molecule has 0 radical (unpaired) electrons. The highest BCUT2D eigenvalue weighted by molar-refractivity contribution is 7.91. The first-order chi connectivity index (χ1) is 8.05. The van der Waals surface area contributed by atoms with Gasteiger partial charge >= 0.3 is 0 Å². The minimum atomic E-state index is -3.52. The third-order valence-electron chi connectivity index (χ3n) is 2.75. The van der Waals surface area contributed by atoms with Gasteiger partial charge in [-0.3, -0.25) is 0 Å². The summed E-state index contributed by atoms with van der Waals surface area (Å²) in [6.45, 7) is 0.462. The lowest BCUT2D eigenvalue weighted by atomic mass is 10.1. The first kappa shape index (κ1) is 12.5. The number of hydrogen-bond donors (Lipinski definition) is 1. The van der Waals surface area contributed by atoms with E-state index in [0.717, 1.165) is 24.2 Å². The van der Waals surface area contributed by atoms with E-state index in [4.69, 9.17) is 11.0 Å². The zero-order valence-electron chi connectivity index (χ0n) is 9.17. The maximum absolute atomic E-state index is 12.3. The van der Waals surface area contributed by atoms with E-state index in [9.17, 15) is 8.42 Å². The van der Waals surface area contributed by atoms with E-state index < -0.39 is 16.2 Å². The lowest BCUT2D eigenvalue weighted by Crippen LogP contribution is -2.48. The molecular formula is C10H13N3O2S2. The molecule has 0 aromatic carbocycles. The first-order valence-electron chi connectivity index (χ1n) is 5.33. The van der Waals surface area contributed by atoms with Crippen LogP contribution in [0, 0.1) is 11.3 Å². The number of hydrogen-bond acceptors (Lipinski definition) is 5. The van der Waals surface area contributed by atoms with Gasteiger partial charge in [0.25, 0.3) is 10.0 Å². The highest BCUT2D eigenvalue weighted by Crippen LogP contribution is 2.27. The van der Waals surface area contributed by atoms with Gasteiger partial charge in [0.2, 0.25) is 0 Å². The van der Waals surface area contributed by atoms with Gasteiger partial charge in [0.15, 0.2) is 0 Å². The summed E-state index contributed by atoms with van der Waals surface area (Å²) in [4.78, 5) is 0.397. The lowest BCUT2D eigenvalue weighted by molar-refractivity contribution is 0.258. The normalized spacial score (nSPS) is 22.2. The smallest absolute Gasteiger partial charge is 0.253 e. The molecule has 1 aromatic rings. The summed E-state index contributed by atoms with van der Waals surface area (Å²) >= 11 is 0.989. The third-order valence-corrected chi connectivity index (χ3v) is 6.13. The van der Waals surface area contributed by atoms with Gasteiger partial charge < -0.3 is 5.73 Å². The Hall–Kier alpha value is -0.940. The Bertz CT molecular complexity index is 544. The Morgan fingerprint density at radius 2 is 2.24 bits per heavy atom. The second-order valence-electron chi connectivity index (χ2n) is 3.91. The second-order valence-corrected chi connectivity index (χ2v) is 7.11. The van der Waals surface area contributed by atoms with Crippen molar-refractivity contribution in [3.05, 3.63) is 17.0 Å². The summed E-state index contributed by atoms with van der Waals surface area (Å²) in [5.74, 6) is 0. The Morgan fingerprint density at radius 3 is 2.82 bits per heavy atom.